The quantitative estimate of drug-likeness (QED) is 0.802. The van der Waals surface area contributed by atoms with Crippen LogP contribution in [0.2, 0.25) is 0 Å². The van der Waals surface area contributed by atoms with Crippen LogP contribution < -0.4 is 5.32 Å². The number of carboxylic acid groups (broad SMARTS) is 1. The van der Waals surface area contributed by atoms with Crippen LogP contribution in [0.25, 0.3) is 10.2 Å². The number of carbonyl (C=O) groups is 1. The van der Waals surface area contributed by atoms with Gasteiger partial charge >= 0.3 is 5.97 Å². The van der Waals surface area contributed by atoms with Gasteiger partial charge in [0.05, 0.1) is 10.2 Å². The molecule has 2 rings (SSSR count). The molecule has 2 unspecified atom stereocenters. The fraction of sp³-hybridized carbons (Fsp3) is 0.429. The van der Waals surface area contributed by atoms with Crippen molar-refractivity contribution in [3.8, 4) is 0 Å². The molecule has 108 valence electrons. The van der Waals surface area contributed by atoms with Crippen LogP contribution in [0.1, 0.15) is 20.3 Å². The molecule has 0 spiro atoms. The highest BCUT2D eigenvalue weighted by Crippen LogP contribution is 2.34. The summed E-state index contributed by atoms with van der Waals surface area (Å²) < 4.78 is 2.15. The van der Waals surface area contributed by atoms with Gasteiger partial charge in [0, 0.05) is 5.25 Å². The summed E-state index contributed by atoms with van der Waals surface area (Å²) in [5.41, 5.74) is 0.102. The lowest BCUT2D eigenvalue weighted by Crippen LogP contribution is -2.49. The average Bonchev–Trinajstić information content (AvgIpc) is 2.79. The van der Waals surface area contributed by atoms with E-state index in [0.29, 0.717) is 6.42 Å². The third-order valence-electron chi connectivity index (χ3n) is 3.30. The number of likely N-dealkylation sites (N-methyl/N-ethyl adjacent to an activating group) is 1. The largest absolute Gasteiger partial charge is 0.480 e. The number of fused-ring (bicyclic) bond motifs is 1. The van der Waals surface area contributed by atoms with Crippen molar-refractivity contribution in [1.82, 2.24) is 10.3 Å². The second kappa shape index (κ2) is 6.11. The SMILES string of the molecule is CNC(C)(CC(C)Sc1nc2ccccc2s1)C(=O)O. The molecule has 0 fully saturated rings. The monoisotopic (exact) mass is 310 g/mol. The van der Waals surface area contributed by atoms with Crippen LogP contribution in [0.15, 0.2) is 28.6 Å². The molecule has 2 atom stereocenters. The van der Waals surface area contributed by atoms with Crippen LogP contribution in [-0.4, -0.2) is 33.9 Å². The van der Waals surface area contributed by atoms with Gasteiger partial charge in [0.1, 0.15) is 5.54 Å². The standard InChI is InChI=1S/C14H18N2O2S2/c1-9(8-14(2,15-3)12(17)18)19-13-16-10-6-4-5-7-11(10)20-13/h4-7,9,15H,8H2,1-3H3,(H,17,18). The lowest BCUT2D eigenvalue weighted by molar-refractivity contribution is -0.144. The van der Waals surface area contributed by atoms with Gasteiger partial charge in [0.2, 0.25) is 0 Å². The Kier molecular flexibility index (Phi) is 4.67. The first-order valence-electron chi connectivity index (χ1n) is 6.39. The van der Waals surface area contributed by atoms with Gasteiger partial charge < -0.3 is 10.4 Å². The van der Waals surface area contributed by atoms with Gasteiger partial charge in [-0.3, -0.25) is 4.79 Å². The molecule has 0 aliphatic carbocycles. The number of thiazole rings is 1. The third kappa shape index (κ3) is 3.31. The van der Waals surface area contributed by atoms with Crippen molar-refractivity contribution in [2.24, 2.45) is 0 Å². The van der Waals surface area contributed by atoms with Crippen LogP contribution in [0, 0.1) is 0 Å². The number of nitrogens with zero attached hydrogens (tertiary/aromatic N) is 1. The van der Waals surface area contributed by atoms with Crippen LogP contribution >= 0.6 is 23.1 Å². The van der Waals surface area contributed by atoms with E-state index in [1.807, 2.05) is 25.1 Å². The van der Waals surface area contributed by atoms with Crippen molar-refractivity contribution in [2.75, 3.05) is 7.05 Å². The Balaban J connectivity index is 2.07. The summed E-state index contributed by atoms with van der Waals surface area (Å²) in [6.07, 6.45) is 0.541. The molecular weight excluding hydrogens is 292 g/mol. The smallest absolute Gasteiger partial charge is 0.323 e. The second-order valence-electron chi connectivity index (χ2n) is 4.97. The van der Waals surface area contributed by atoms with Crippen molar-refractivity contribution >= 4 is 39.3 Å². The number of hydrogen-bond acceptors (Lipinski definition) is 5. The molecule has 0 aliphatic heterocycles. The van der Waals surface area contributed by atoms with Crippen LogP contribution in [0.3, 0.4) is 0 Å². The Bertz CT molecular complexity index is 581. The Morgan fingerprint density at radius 2 is 2.25 bits per heavy atom. The zero-order valence-corrected chi connectivity index (χ0v) is 13.3. The first kappa shape index (κ1) is 15.3. The summed E-state index contributed by atoms with van der Waals surface area (Å²) in [5.74, 6) is -0.822. The minimum Gasteiger partial charge on any atom is -0.480 e. The molecule has 1 aromatic heterocycles. The van der Waals surface area contributed by atoms with Crippen LogP contribution in [-0.2, 0) is 4.79 Å². The molecule has 1 heterocycles. The summed E-state index contributed by atoms with van der Waals surface area (Å²) in [7, 11) is 1.68. The summed E-state index contributed by atoms with van der Waals surface area (Å²) in [6, 6.07) is 8.02. The Morgan fingerprint density at radius 3 is 2.85 bits per heavy atom. The minimum absolute atomic E-state index is 0.170. The zero-order chi connectivity index (χ0) is 14.8. The maximum atomic E-state index is 11.3. The number of aromatic nitrogens is 1. The number of thioether (sulfide) groups is 1. The Morgan fingerprint density at radius 1 is 1.55 bits per heavy atom. The maximum Gasteiger partial charge on any atom is 0.323 e. The summed E-state index contributed by atoms with van der Waals surface area (Å²) in [6.45, 7) is 3.75. The highest BCUT2D eigenvalue weighted by molar-refractivity contribution is 8.01. The molecule has 0 amide bonds. The molecule has 1 aromatic carbocycles. The lowest BCUT2D eigenvalue weighted by atomic mass is 9.97. The summed E-state index contributed by atoms with van der Waals surface area (Å²) >= 11 is 3.28. The fourth-order valence-electron chi connectivity index (χ4n) is 1.99. The van der Waals surface area contributed by atoms with Gasteiger partial charge in [-0.1, -0.05) is 30.8 Å². The van der Waals surface area contributed by atoms with E-state index in [-0.39, 0.29) is 5.25 Å². The fourth-order valence-corrected chi connectivity index (χ4v) is 4.55. The normalized spacial score (nSPS) is 15.9. The molecule has 2 N–H and O–H groups in total. The van der Waals surface area contributed by atoms with E-state index in [1.165, 1.54) is 0 Å². The van der Waals surface area contributed by atoms with E-state index in [2.05, 4.69) is 16.4 Å². The Hall–Kier alpha value is -1.11. The number of aliphatic carboxylic acids is 1. The number of nitrogens with one attached hydrogen (secondary N) is 1. The van der Waals surface area contributed by atoms with Crippen molar-refractivity contribution in [2.45, 2.75) is 35.4 Å². The first-order chi connectivity index (χ1) is 9.44. The van der Waals surface area contributed by atoms with Crippen molar-refractivity contribution < 1.29 is 9.90 Å². The molecule has 0 saturated heterocycles. The van der Waals surface area contributed by atoms with E-state index in [0.717, 1.165) is 14.6 Å². The van der Waals surface area contributed by atoms with Crippen molar-refractivity contribution in [3.63, 3.8) is 0 Å². The van der Waals surface area contributed by atoms with E-state index in [1.54, 1.807) is 37.1 Å². The molecule has 0 aliphatic rings. The molecule has 0 saturated carbocycles. The zero-order valence-electron chi connectivity index (χ0n) is 11.7. The van der Waals surface area contributed by atoms with Crippen molar-refractivity contribution in [3.05, 3.63) is 24.3 Å². The van der Waals surface area contributed by atoms with Gasteiger partial charge in [-0.25, -0.2) is 4.98 Å². The summed E-state index contributed by atoms with van der Waals surface area (Å²) in [4.78, 5) is 15.9. The van der Waals surface area contributed by atoms with E-state index in [9.17, 15) is 9.90 Å². The predicted molar refractivity (Wildman–Crippen MR) is 84.7 cm³/mol. The number of benzene rings is 1. The molecule has 6 heteroatoms. The number of rotatable bonds is 6. The van der Waals surface area contributed by atoms with Gasteiger partial charge in [-0.2, -0.15) is 0 Å². The van der Waals surface area contributed by atoms with Gasteiger partial charge in [-0.05, 0) is 32.5 Å². The molecular formula is C14H18N2O2S2. The number of hydrogen-bond donors (Lipinski definition) is 2. The lowest BCUT2D eigenvalue weighted by Gasteiger charge is -2.26. The molecule has 0 bridgehead atoms. The molecule has 20 heavy (non-hydrogen) atoms. The predicted octanol–water partition coefficient (Wildman–Crippen LogP) is 3.23. The number of carboxylic acids is 1. The third-order valence-corrected chi connectivity index (χ3v) is 5.53. The van der Waals surface area contributed by atoms with E-state index in [4.69, 9.17) is 0 Å². The van der Waals surface area contributed by atoms with Gasteiger partial charge in [-0.15, -0.1) is 11.3 Å². The van der Waals surface area contributed by atoms with E-state index >= 15 is 0 Å². The first-order valence-corrected chi connectivity index (χ1v) is 8.09. The summed E-state index contributed by atoms with van der Waals surface area (Å²) in [5, 5.41) is 12.3. The van der Waals surface area contributed by atoms with Gasteiger partial charge in [0.25, 0.3) is 0 Å². The van der Waals surface area contributed by atoms with Crippen LogP contribution in [0.5, 0.6) is 0 Å². The highest BCUT2D eigenvalue weighted by atomic mass is 32.2. The van der Waals surface area contributed by atoms with Gasteiger partial charge in [0.15, 0.2) is 4.34 Å². The minimum atomic E-state index is -0.900. The molecule has 2 aromatic rings. The topological polar surface area (TPSA) is 62.2 Å². The number of para-hydroxylation sites is 1. The van der Waals surface area contributed by atoms with E-state index < -0.39 is 11.5 Å². The highest BCUT2D eigenvalue weighted by Gasteiger charge is 2.33. The Labute approximate surface area is 126 Å². The molecule has 4 nitrogen and oxygen atoms in total. The molecule has 0 radical (unpaired) electrons. The average molecular weight is 310 g/mol. The van der Waals surface area contributed by atoms with Crippen molar-refractivity contribution in [1.29, 1.82) is 0 Å². The van der Waals surface area contributed by atoms with Crippen LogP contribution in [0.4, 0.5) is 0 Å². The second-order valence-corrected chi connectivity index (χ2v) is 7.68. The maximum absolute atomic E-state index is 11.3.